The summed E-state index contributed by atoms with van der Waals surface area (Å²) in [6, 6.07) is 32.6. The summed E-state index contributed by atoms with van der Waals surface area (Å²) in [5, 5.41) is 4.14. The predicted octanol–water partition coefficient (Wildman–Crippen LogP) is 13.3. The number of carbonyl (C=O) groups is 2. The summed E-state index contributed by atoms with van der Waals surface area (Å²) in [7, 11) is 5.62. The molecule has 0 spiro atoms. The molecule has 0 radical (unpaired) electrons. The summed E-state index contributed by atoms with van der Waals surface area (Å²) >= 11 is 18.2. The van der Waals surface area contributed by atoms with Crippen LogP contribution in [0, 0.1) is 25.5 Å². The van der Waals surface area contributed by atoms with Gasteiger partial charge < -0.3 is 28.5 Å². The van der Waals surface area contributed by atoms with Gasteiger partial charge in [-0.2, -0.15) is 0 Å². The number of fused-ring (bicyclic) bond motifs is 4. The molecule has 0 atom stereocenters. The molecule has 0 amide bonds. The van der Waals surface area contributed by atoms with Crippen molar-refractivity contribution >= 4 is 90.4 Å². The smallest absolute Gasteiger partial charge is 0.355 e. The third-order valence-corrected chi connectivity index (χ3v) is 12.6. The van der Waals surface area contributed by atoms with E-state index in [9.17, 15) is 18.4 Å². The van der Waals surface area contributed by atoms with Crippen molar-refractivity contribution in [2.24, 2.45) is 0 Å². The Labute approximate surface area is 421 Å². The summed E-state index contributed by atoms with van der Waals surface area (Å²) in [5.74, 6) is -0.744. The molecule has 6 heterocycles. The first-order valence-electron chi connectivity index (χ1n) is 21.7. The molecule has 4 aromatic carbocycles. The predicted molar refractivity (Wildman–Crippen MR) is 274 cm³/mol. The number of aryl methyl sites for hydroxylation is 2. The number of aromatic nitrogens is 6. The number of rotatable bonds is 9. The van der Waals surface area contributed by atoms with Crippen LogP contribution in [0.15, 0.2) is 122 Å². The van der Waals surface area contributed by atoms with Crippen molar-refractivity contribution in [2.75, 3.05) is 28.4 Å². The highest BCUT2D eigenvalue weighted by Crippen LogP contribution is 2.42. The lowest BCUT2D eigenvalue weighted by molar-refractivity contribution is 0.0584. The number of nitrogens with zero attached hydrogens (tertiary/aromatic N) is 5. The Hall–Kier alpha value is -7.65. The van der Waals surface area contributed by atoms with Crippen molar-refractivity contribution in [1.82, 2.24) is 29.5 Å². The van der Waals surface area contributed by atoms with Crippen molar-refractivity contribution in [3.63, 3.8) is 0 Å². The molecular formula is C54H43Cl3F2N6O6. The molecule has 360 valence electrons. The number of alkyl halides is 1. The number of pyridine rings is 4. The van der Waals surface area contributed by atoms with E-state index in [0.717, 1.165) is 27.4 Å². The van der Waals surface area contributed by atoms with E-state index in [1.807, 2.05) is 60.7 Å². The van der Waals surface area contributed by atoms with Gasteiger partial charge in [0.1, 0.15) is 33.3 Å². The molecule has 0 saturated heterocycles. The Morgan fingerprint density at radius 2 is 1.15 bits per heavy atom. The third kappa shape index (κ3) is 10.0. The number of benzene rings is 4. The van der Waals surface area contributed by atoms with Crippen molar-refractivity contribution < 1.29 is 37.3 Å². The standard InChI is InChI=1S/C27H21ClFN3O3.C17H15FN2O3.C10H7Cl2N/c1-15-11-19-22(13-20(15)29)32(14-17-12-16-7-4-5-9-21(16)31-25(17)28)24(27(33)35-3)23(19)18-8-6-10-30-26(18)34-2;1-9-7-11-13(8-12(9)18)20-15(17(21)23-3)14(11)10-5-4-6-19-16(10)22-2;11-6-8-5-7-3-1-2-4-9(7)13-10(8)12/h4-13H,14H2,1-3H3;4-8,20H,1-3H3;1-5H,6H2. The Morgan fingerprint density at radius 1 is 0.634 bits per heavy atom. The van der Waals surface area contributed by atoms with Crippen LogP contribution >= 0.6 is 34.8 Å². The van der Waals surface area contributed by atoms with E-state index in [0.29, 0.717) is 88.7 Å². The molecule has 6 aromatic heterocycles. The number of nitrogens with one attached hydrogen (secondary N) is 1. The van der Waals surface area contributed by atoms with Crippen LogP contribution in [-0.4, -0.2) is 69.9 Å². The second-order valence-electron chi connectivity index (χ2n) is 15.9. The van der Waals surface area contributed by atoms with Gasteiger partial charge in [-0.05, 0) is 97.8 Å². The van der Waals surface area contributed by atoms with Gasteiger partial charge in [-0.3, -0.25) is 0 Å². The number of H-pyrrole nitrogens is 1. The monoisotopic (exact) mass is 1010 g/mol. The van der Waals surface area contributed by atoms with E-state index in [1.54, 1.807) is 67.2 Å². The van der Waals surface area contributed by atoms with Crippen LogP contribution in [0.3, 0.4) is 0 Å². The second kappa shape index (κ2) is 21.6. The van der Waals surface area contributed by atoms with E-state index in [1.165, 1.54) is 40.6 Å². The van der Waals surface area contributed by atoms with Gasteiger partial charge in [0.05, 0.1) is 57.4 Å². The topological polar surface area (TPSA) is 143 Å². The Bertz CT molecular complexity index is 3660. The Morgan fingerprint density at radius 3 is 1.72 bits per heavy atom. The number of aromatic amines is 1. The van der Waals surface area contributed by atoms with Gasteiger partial charge in [0.2, 0.25) is 11.8 Å². The minimum atomic E-state index is -0.579. The van der Waals surface area contributed by atoms with Gasteiger partial charge >= 0.3 is 11.9 Å². The molecule has 0 saturated carbocycles. The van der Waals surface area contributed by atoms with Crippen molar-refractivity contribution in [2.45, 2.75) is 26.3 Å². The molecule has 0 aliphatic rings. The van der Waals surface area contributed by atoms with E-state index >= 15 is 0 Å². The lowest BCUT2D eigenvalue weighted by Crippen LogP contribution is -2.13. The average Bonchev–Trinajstić information content (AvgIpc) is 3.90. The summed E-state index contributed by atoms with van der Waals surface area (Å²) in [5.41, 5.74) is 7.99. The number of hydrogen-bond donors (Lipinski definition) is 1. The van der Waals surface area contributed by atoms with Crippen molar-refractivity contribution in [1.29, 1.82) is 0 Å². The van der Waals surface area contributed by atoms with Crippen LogP contribution in [0.4, 0.5) is 8.78 Å². The lowest BCUT2D eigenvalue weighted by Gasteiger charge is -2.13. The quantitative estimate of drug-likeness (QED) is 0.0843. The molecule has 10 rings (SSSR count). The van der Waals surface area contributed by atoms with Crippen LogP contribution in [0.1, 0.15) is 43.2 Å². The van der Waals surface area contributed by atoms with Gasteiger partial charge in [-0.15, -0.1) is 11.6 Å². The first kappa shape index (κ1) is 49.8. The average molecular weight is 1020 g/mol. The maximum atomic E-state index is 14.8. The molecule has 0 fully saturated rings. The minimum absolute atomic E-state index is 0.169. The lowest BCUT2D eigenvalue weighted by atomic mass is 10.0. The second-order valence-corrected chi connectivity index (χ2v) is 16.9. The van der Waals surface area contributed by atoms with E-state index in [2.05, 4.69) is 24.9 Å². The summed E-state index contributed by atoms with van der Waals surface area (Å²) in [6.45, 7) is 3.52. The number of carbonyl (C=O) groups excluding carboxylic acids is 2. The number of para-hydroxylation sites is 2. The highest BCUT2D eigenvalue weighted by Gasteiger charge is 2.29. The first-order chi connectivity index (χ1) is 34.3. The van der Waals surface area contributed by atoms with E-state index in [-0.39, 0.29) is 29.6 Å². The van der Waals surface area contributed by atoms with Gasteiger partial charge in [0.15, 0.2) is 0 Å². The van der Waals surface area contributed by atoms with Crippen molar-refractivity contribution in [3.05, 3.63) is 177 Å². The fourth-order valence-electron chi connectivity index (χ4n) is 8.22. The first-order valence-corrected chi connectivity index (χ1v) is 23.0. The highest BCUT2D eigenvalue weighted by molar-refractivity contribution is 6.31. The van der Waals surface area contributed by atoms with Crippen molar-refractivity contribution in [3.8, 4) is 34.0 Å². The number of ether oxygens (including phenoxy) is 4. The summed E-state index contributed by atoms with van der Waals surface area (Å²) in [6.07, 6.45) is 3.20. The summed E-state index contributed by atoms with van der Waals surface area (Å²) in [4.78, 5) is 45.5. The SMILES string of the molecule is COC(=O)c1[nH]c2cc(F)c(C)cc2c1-c1cccnc1OC.COC(=O)c1c(-c2cccnc2OC)c2cc(C)c(F)cc2n1Cc1cc2ccccc2nc1Cl.ClCc1cc2ccccc2nc1Cl. The van der Waals surface area contributed by atoms with Crippen LogP contribution in [0.2, 0.25) is 10.3 Å². The largest absolute Gasteiger partial charge is 0.481 e. The molecule has 0 bridgehead atoms. The number of hydrogen-bond acceptors (Lipinski definition) is 10. The minimum Gasteiger partial charge on any atom is -0.481 e. The van der Waals surface area contributed by atoms with Gasteiger partial charge in [0.25, 0.3) is 0 Å². The third-order valence-electron chi connectivity index (χ3n) is 11.6. The maximum Gasteiger partial charge on any atom is 0.355 e. The zero-order chi connectivity index (χ0) is 50.5. The maximum absolute atomic E-state index is 14.8. The van der Waals surface area contributed by atoms with Crippen LogP contribution in [-0.2, 0) is 21.9 Å². The van der Waals surface area contributed by atoms with Gasteiger partial charge in [0, 0.05) is 72.8 Å². The molecule has 0 unspecified atom stereocenters. The number of methoxy groups -OCH3 is 4. The molecule has 17 heteroatoms. The van der Waals surface area contributed by atoms with Crippen LogP contribution in [0.5, 0.6) is 11.8 Å². The van der Waals surface area contributed by atoms with E-state index < -0.39 is 11.9 Å². The van der Waals surface area contributed by atoms with Gasteiger partial charge in [-0.1, -0.05) is 59.6 Å². The normalized spacial score (nSPS) is 11.0. The number of esters is 2. The van der Waals surface area contributed by atoms with Crippen LogP contribution < -0.4 is 9.47 Å². The van der Waals surface area contributed by atoms with Crippen LogP contribution in [0.25, 0.3) is 65.9 Å². The fourth-order valence-corrected chi connectivity index (χ4v) is 8.91. The summed E-state index contributed by atoms with van der Waals surface area (Å²) < 4.78 is 51.2. The Balaban J connectivity index is 0.000000160. The molecule has 0 aliphatic heterocycles. The molecule has 0 aliphatic carbocycles. The zero-order valence-corrected chi connectivity index (χ0v) is 41.3. The molecular weight excluding hydrogens is 973 g/mol. The molecule has 10 aromatic rings. The molecule has 1 N–H and O–H groups in total. The zero-order valence-electron chi connectivity index (χ0n) is 39.0. The van der Waals surface area contributed by atoms with Gasteiger partial charge in [-0.25, -0.2) is 38.3 Å². The molecule has 12 nitrogen and oxygen atoms in total. The Kier molecular flexibility index (Phi) is 15.1. The van der Waals surface area contributed by atoms with E-state index in [4.69, 9.17) is 53.8 Å². The fraction of sp³-hybridized carbons (Fsp3) is 0.148. The molecule has 71 heavy (non-hydrogen) atoms. The highest BCUT2D eigenvalue weighted by atomic mass is 35.5. The number of halogens is 5.